The molecule has 0 unspecified atom stereocenters. The maximum atomic E-state index is 10.3. The Labute approximate surface area is 108 Å². The molecule has 7 heteroatoms. The van der Waals surface area contributed by atoms with Gasteiger partial charge in [0.25, 0.3) is 0 Å². The second kappa shape index (κ2) is 14.3. The van der Waals surface area contributed by atoms with Gasteiger partial charge in [-0.15, -0.1) is 0 Å². The Morgan fingerprint density at radius 2 is 2.00 bits per heavy atom. The van der Waals surface area contributed by atoms with Gasteiger partial charge < -0.3 is 27.8 Å². The number of thiol groups is 2. The third kappa shape index (κ3) is 13.3. The molecular formula is C5H8O4S2Y-2. The van der Waals surface area contributed by atoms with Crippen molar-refractivity contribution in [3.05, 3.63) is 0 Å². The van der Waals surface area contributed by atoms with Crippen LogP contribution < -0.4 is 0 Å². The van der Waals surface area contributed by atoms with Crippen LogP contribution in [0.4, 0.5) is 0 Å². The van der Waals surface area contributed by atoms with Gasteiger partial charge in [0.2, 0.25) is 0 Å². The number of esters is 1. The topological polar surface area (TPSA) is 52.6 Å². The third-order valence-corrected chi connectivity index (χ3v) is 0.895. The molecule has 0 spiro atoms. The van der Waals surface area contributed by atoms with E-state index in [4.69, 9.17) is 0 Å². The van der Waals surface area contributed by atoms with Crippen molar-refractivity contribution in [1.29, 1.82) is 0 Å². The standard InChI is InChI=1S/C5H7O4S.H2S.Y/c6-4-8-1-2-9-5(7)3-10;;/h10H,1-3H2;1H2;/q-1;;/p-1. The predicted molar refractivity (Wildman–Crippen MR) is 45.2 cm³/mol. The SMILES string of the molecule is O=[C-]OCCOC(=O)CS.[SH-].[Y]. The fourth-order valence-corrected chi connectivity index (χ4v) is 0.376. The van der Waals surface area contributed by atoms with E-state index in [1.54, 1.807) is 0 Å². The molecule has 0 aromatic carbocycles. The Bertz CT molecular complexity index is 122. The predicted octanol–water partition coefficient (Wildman–Crippen LogP) is -0.729. The van der Waals surface area contributed by atoms with Gasteiger partial charge in [0, 0.05) is 32.7 Å². The molecule has 0 aliphatic carbocycles. The second-order valence-electron chi connectivity index (χ2n) is 1.31. The first-order valence-corrected chi connectivity index (χ1v) is 3.20. The number of hydrogen-bond donors (Lipinski definition) is 1. The summed E-state index contributed by atoms with van der Waals surface area (Å²) in [7, 11) is 0. The molecule has 0 N–H and O–H groups in total. The van der Waals surface area contributed by atoms with E-state index >= 15 is 0 Å². The summed E-state index contributed by atoms with van der Waals surface area (Å²) >= 11 is 3.65. The molecule has 0 aromatic rings. The van der Waals surface area contributed by atoms with E-state index in [9.17, 15) is 9.59 Å². The molecule has 0 bridgehead atoms. The molecule has 0 aromatic heterocycles. The van der Waals surface area contributed by atoms with Crippen LogP contribution in [-0.2, 0) is 65.3 Å². The van der Waals surface area contributed by atoms with Gasteiger partial charge >= 0.3 is 5.97 Å². The molecule has 69 valence electrons. The quantitative estimate of drug-likeness (QED) is 0.237. The van der Waals surface area contributed by atoms with Crippen LogP contribution in [0.5, 0.6) is 0 Å². The zero-order valence-corrected chi connectivity index (χ0v) is 10.9. The van der Waals surface area contributed by atoms with E-state index < -0.39 is 5.97 Å². The molecule has 0 aliphatic heterocycles. The van der Waals surface area contributed by atoms with E-state index in [-0.39, 0.29) is 65.2 Å². The second-order valence-corrected chi connectivity index (χ2v) is 1.63. The first kappa shape index (κ1) is 18.5. The number of carbonyl (C=O) groups is 1. The van der Waals surface area contributed by atoms with Crippen molar-refractivity contribution in [2.75, 3.05) is 19.0 Å². The largest absolute Gasteiger partial charge is 0.813 e. The summed E-state index contributed by atoms with van der Waals surface area (Å²) in [6.45, 7) is 1.31. The minimum Gasteiger partial charge on any atom is -0.813 e. The molecule has 0 saturated heterocycles. The summed E-state index contributed by atoms with van der Waals surface area (Å²) in [6, 6.07) is 0. The third-order valence-electron chi connectivity index (χ3n) is 0.636. The van der Waals surface area contributed by atoms with Crippen molar-refractivity contribution in [2.45, 2.75) is 0 Å². The summed E-state index contributed by atoms with van der Waals surface area (Å²) in [5, 5.41) is 0. The van der Waals surface area contributed by atoms with Gasteiger partial charge in [-0.05, 0) is 0 Å². The molecule has 4 nitrogen and oxygen atoms in total. The Balaban J connectivity index is -0.000000405. The summed E-state index contributed by atoms with van der Waals surface area (Å²) in [4.78, 5) is 19.7. The number of rotatable bonds is 5. The van der Waals surface area contributed by atoms with Gasteiger partial charge in [-0.25, -0.2) is 0 Å². The van der Waals surface area contributed by atoms with Crippen LogP contribution in [0.2, 0.25) is 0 Å². The zero-order chi connectivity index (χ0) is 7.82. The van der Waals surface area contributed by atoms with Crippen LogP contribution in [0.25, 0.3) is 0 Å². The number of ether oxygens (including phenoxy) is 2. The summed E-state index contributed by atoms with van der Waals surface area (Å²) in [6.07, 6.45) is 0. The summed E-state index contributed by atoms with van der Waals surface area (Å²) in [5.74, 6) is -0.400. The fourth-order valence-electron chi connectivity index (χ4n) is 0.284. The molecule has 0 rings (SSSR count). The van der Waals surface area contributed by atoms with Crippen molar-refractivity contribution >= 4 is 38.6 Å². The Kier molecular flexibility index (Phi) is 22.0. The first-order chi connectivity index (χ1) is 4.81. The van der Waals surface area contributed by atoms with Gasteiger partial charge in [-0.3, -0.25) is 4.79 Å². The average Bonchev–Trinajstić information content (AvgIpc) is 1.98. The van der Waals surface area contributed by atoms with E-state index in [1.165, 1.54) is 6.47 Å². The number of carbonyl (C=O) groups excluding carboxylic acids is 2. The van der Waals surface area contributed by atoms with Gasteiger partial charge in [-0.1, -0.05) is 6.47 Å². The molecule has 0 aliphatic rings. The zero-order valence-electron chi connectivity index (χ0n) is 6.23. The summed E-state index contributed by atoms with van der Waals surface area (Å²) in [5.41, 5.74) is 0. The van der Waals surface area contributed by atoms with Crippen LogP contribution in [0.1, 0.15) is 0 Å². The van der Waals surface area contributed by atoms with E-state index in [2.05, 4.69) is 22.1 Å². The van der Waals surface area contributed by atoms with Crippen molar-refractivity contribution in [3.8, 4) is 0 Å². The minimum absolute atomic E-state index is 0. The van der Waals surface area contributed by atoms with Crippen LogP contribution >= 0.6 is 12.6 Å². The molecule has 0 saturated carbocycles. The Hall–Kier alpha value is 0.744. The maximum absolute atomic E-state index is 10.3. The molecule has 0 heterocycles. The van der Waals surface area contributed by atoms with Gasteiger partial charge in [0.15, 0.2) is 0 Å². The van der Waals surface area contributed by atoms with E-state index in [0.29, 0.717) is 0 Å². The minimum atomic E-state index is -0.433. The summed E-state index contributed by atoms with van der Waals surface area (Å²) < 4.78 is 8.59. The van der Waals surface area contributed by atoms with Gasteiger partial charge in [0.05, 0.1) is 12.4 Å². The molecule has 1 radical (unpaired) electrons. The molecule has 0 fully saturated rings. The average molecular weight is 285 g/mol. The van der Waals surface area contributed by atoms with Crippen LogP contribution in [0.15, 0.2) is 0 Å². The molecule has 0 atom stereocenters. The van der Waals surface area contributed by atoms with Crippen LogP contribution in [0, 0.1) is 0 Å². The normalized spacial score (nSPS) is 7.08. The Morgan fingerprint density at radius 1 is 1.42 bits per heavy atom. The first-order valence-electron chi connectivity index (χ1n) is 2.56. The van der Waals surface area contributed by atoms with E-state index in [0.717, 1.165) is 0 Å². The number of hydrogen-bond acceptors (Lipinski definition) is 6. The monoisotopic (exact) mass is 285 g/mol. The van der Waals surface area contributed by atoms with Crippen molar-refractivity contribution < 1.29 is 51.8 Å². The fraction of sp³-hybridized carbons (Fsp3) is 0.600. The Morgan fingerprint density at radius 3 is 2.42 bits per heavy atom. The van der Waals surface area contributed by atoms with Crippen molar-refractivity contribution in [3.63, 3.8) is 0 Å². The van der Waals surface area contributed by atoms with Crippen molar-refractivity contribution in [1.82, 2.24) is 0 Å². The molecule has 12 heavy (non-hydrogen) atoms. The van der Waals surface area contributed by atoms with Crippen LogP contribution in [0.3, 0.4) is 0 Å². The van der Waals surface area contributed by atoms with Crippen molar-refractivity contribution in [2.24, 2.45) is 0 Å². The van der Waals surface area contributed by atoms with Gasteiger partial charge in [0.1, 0.15) is 6.61 Å². The molecular weight excluding hydrogens is 277 g/mol. The van der Waals surface area contributed by atoms with Crippen LogP contribution in [-0.4, -0.2) is 31.4 Å². The van der Waals surface area contributed by atoms with Gasteiger partial charge in [-0.2, -0.15) is 12.6 Å². The maximum Gasteiger partial charge on any atom is 0.315 e. The smallest absolute Gasteiger partial charge is 0.315 e. The van der Waals surface area contributed by atoms with E-state index in [1.807, 2.05) is 0 Å². The molecule has 0 amide bonds.